The van der Waals surface area contributed by atoms with Crippen LogP contribution < -0.4 is 0 Å². The molecule has 114 valence electrons. The normalized spacial score (nSPS) is 13.6. The third-order valence-electron chi connectivity index (χ3n) is 3.60. The Hall–Kier alpha value is -1.37. The van der Waals surface area contributed by atoms with Crippen molar-refractivity contribution in [3.05, 3.63) is 46.2 Å². The second-order valence-corrected chi connectivity index (χ2v) is 7.32. The van der Waals surface area contributed by atoms with E-state index in [-0.39, 0.29) is 10.9 Å². The maximum absolute atomic E-state index is 12.8. The zero-order chi connectivity index (χ0) is 15.8. The lowest BCUT2D eigenvalue weighted by atomic mass is 10.1. The molecule has 2 rings (SSSR count). The van der Waals surface area contributed by atoms with Crippen molar-refractivity contribution in [1.29, 1.82) is 0 Å². The third-order valence-corrected chi connectivity index (χ3v) is 6.13. The number of aromatic nitrogens is 2. The molecule has 1 atom stereocenters. The van der Waals surface area contributed by atoms with Crippen molar-refractivity contribution in [2.45, 2.75) is 31.7 Å². The number of hydrogen-bond donors (Lipinski definition) is 1. The van der Waals surface area contributed by atoms with E-state index in [0.717, 1.165) is 5.56 Å². The van der Waals surface area contributed by atoms with Gasteiger partial charge in [0.25, 0.3) is 0 Å². The minimum Gasteiger partial charge on any atom is -0.281 e. The lowest BCUT2D eigenvalue weighted by Crippen LogP contribution is -2.30. The van der Waals surface area contributed by atoms with Crippen LogP contribution in [0.25, 0.3) is 0 Å². The number of aryl methyl sites for hydroxylation is 2. The number of rotatable bonds is 4. The van der Waals surface area contributed by atoms with Crippen LogP contribution >= 0.6 is 11.6 Å². The van der Waals surface area contributed by atoms with E-state index in [1.165, 1.54) is 4.31 Å². The Labute approximate surface area is 130 Å². The Morgan fingerprint density at radius 3 is 2.43 bits per heavy atom. The van der Waals surface area contributed by atoms with E-state index in [1.54, 1.807) is 27.0 Å². The number of sulfonamides is 1. The standard InChI is InChI=1S/C14H18ClN3O2S/c1-9-14(10(2)17-16-9)21(19,20)18(4)11(3)12-7-5-6-8-13(12)15/h5-8,11H,1-4H3,(H,16,17). The third kappa shape index (κ3) is 2.84. The molecule has 1 unspecified atom stereocenters. The van der Waals surface area contributed by atoms with Crippen LogP contribution in [0, 0.1) is 13.8 Å². The van der Waals surface area contributed by atoms with Gasteiger partial charge < -0.3 is 0 Å². The minimum atomic E-state index is -3.64. The molecule has 0 saturated carbocycles. The molecule has 0 radical (unpaired) electrons. The number of nitrogens with zero attached hydrogens (tertiary/aromatic N) is 2. The fourth-order valence-electron chi connectivity index (χ4n) is 2.28. The molecular formula is C14H18ClN3O2S. The first-order valence-corrected chi connectivity index (χ1v) is 8.32. The van der Waals surface area contributed by atoms with Crippen LogP contribution in [0.2, 0.25) is 5.02 Å². The molecule has 0 aliphatic carbocycles. The molecule has 0 saturated heterocycles. The molecule has 0 bridgehead atoms. The van der Waals surface area contributed by atoms with Crippen molar-refractivity contribution in [3.63, 3.8) is 0 Å². The van der Waals surface area contributed by atoms with Gasteiger partial charge >= 0.3 is 0 Å². The predicted molar refractivity (Wildman–Crippen MR) is 82.9 cm³/mol. The number of H-pyrrole nitrogens is 1. The van der Waals surface area contributed by atoms with Crippen molar-refractivity contribution in [2.75, 3.05) is 7.05 Å². The van der Waals surface area contributed by atoms with E-state index in [4.69, 9.17) is 11.6 Å². The van der Waals surface area contributed by atoms with Crippen LogP contribution in [0.4, 0.5) is 0 Å². The van der Waals surface area contributed by atoms with E-state index in [0.29, 0.717) is 16.4 Å². The molecule has 0 aliphatic rings. The van der Waals surface area contributed by atoms with Crippen LogP contribution in [0.15, 0.2) is 29.2 Å². The van der Waals surface area contributed by atoms with Gasteiger partial charge in [-0.1, -0.05) is 29.8 Å². The summed E-state index contributed by atoms with van der Waals surface area (Å²) < 4.78 is 26.9. The Kier molecular flexibility index (Phi) is 4.41. The summed E-state index contributed by atoms with van der Waals surface area (Å²) in [4.78, 5) is 0.226. The molecule has 1 aromatic heterocycles. The lowest BCUT2D eigenvalue weighted by Gasteiger charge is -2.25. The van der Waals surface area contributed by atoms with Crippen molar-refractivity contribution in [2.24, 2.45) is 0 Å². The zero-order valence-electron chi connectivity index (χ0n) is 12.4. The number of benzene rings is 1. The summed E-state index contributed by atoms with van der Waals surface area (Å²) in [5.41, 5.74) is 1.76. The molecule has 21 heavy (non-hydrogen) atoms. The largest absolute Gasteiger partial charge is 0.281 e. The van der Waals surface area contributed by atoms with E-state index in [1.807, 2.05) is 25.1 Å². The highest BCUT2D eigenvalue weighted by molar-refractivity contribution is 7.89. The Bertz CT molecular complexity index is 736. The second-order valence-electron chi connectivity index (χ2n) is 4.98. The van der Waals surface area contributed by atoms with Gasteiger partial charge in [-0.25, -0.2) is 8.42 Å². The van der Waals surface area contributed by atoms with Crippen LogP contribution in [0.3, 0.4) is 0 Å². The SMILES string of the molecule is Cc1n[nH]c(C)c1S(=O)(=O)N(C)C(C)c1ccccc1Cl. The van der Waals surface area contributed by atoms with Gasteiger partial charge in [0.2, 0.25) is 10.0 Å². The highest BCUT2D eigenvalue weighted by atomic mass is 35.5. The first-order chi connectivity index (χ1) is 9.76. The molecule has 0 fully saturated rings. The van der Waals surface area contributed by atoms with Crippen LogP contribution in [-0.2, 0) is 10.0 Å². The van der Waals surface area contributed by atoms with Crippen LogP contribution in [0.1, 0.15) is 29.9 Å². The van der Waals surface area contributed by atoms with Gasteiger partial charge in [0.15, 0.2) is 0 Å². The second kappa shape index (κ2) is 5.79. The van der Waals surface area contributed by atoms with Crippen molar-refractivity contribution in [1.82, 2.24) is 14.5 Å². The summed E-state index contributed by atoms with van der Waals surface area (Å²) in [5.74, 6) is 0. The minimum absolute atomic E-state index is 0.226. The van der Waals surface area contributed by atoms with Gasteiger partial charge in [0.1, 0.15) is 4.90 Å². The molecule has 1 N–H and O–H groups in total. The van der Waals surface area contributed by atoms with E-state index < -0.39 is 10.0 Å². The average Bonchev–Trinajstić information content (AvgIpc) is 2.77. The molecule has 0 spiro atoms. The first-order valence-electron chi connectivity index (χ1n) is 6.51. The topological polar surface area (TPSA) is 66.1 Å². The van der Waals surface area contributed by atoms with E-state index in [2.05, 4.69) is 10.2 Å². The molecule has 7 heteroatoms. The predicted octanol–water partition coefficient (Wildman–Crippen LogP) is 3.06. The molecular weight excluding hydrogens is 310 g/mol. The highest BCUT2D eigenvalue weighted by Gasteiger charge is 2.31. The maximum atomic E-state index is 12.8. The Balaban J connectivity index is 2.44. The summed E-state index contributed by atoms with van der Waals surface area (Å²) in [6, 6.07) is 6.86. The maximum Gasteiger partial charge on any atom is 0.247 e. The molecule has 0 amide bonds. The lowest BCUT2D eigenvalue weighted by molar-refractivity contribution is 0.398. The van der Waals surface area contributed by atoms with Gasteiger partial charge in [-0.15, -0.1) is 0 Å². The summed E-state index contributed by atoms with van der Waals surface area (Å²) in [6.45, 7) is 5.18. The van der Waals surface area contributed by atoms with Crippen molar-refractivity contribution >= 4 is 21.6 Å². The zero-order valence-corrected chi connectivity index (χ0v) is 14.0. The van der Waals surface area contributed by atoms with Crippen molar-refractivity contribution in [3.8, 4) is 0 Å². The van der Waals surface area contributed by atoms with Gasteiger partial charge in [-0.2, -0.15) is 9.40 Å². The molecule has 2 aromatic rings. The number of hydrogen-bond acceptors (Lipinski definition) is 3. The van der Waals surface area contributed by atoms with E-state index >= 15 is 0 Å². The molecule has 1 heterocycles. The van der Waals surface area contributed by atoms with Gasteiger partial charge in [0, 0.05) is 18.1 Å². The number of nitrogens with one attached hydrogen (secondary N) is 1. The molecule has 1 aromatic carbocycles. The monoisotopic (exact) mass is 327 g/mol. The number of aromatic amines is 1. The summed E-state index contributed by atoms with van der Waals surface area (Å²) >= 11 is 6.16. The average molecular weight is 328 g/mol. The first kappa shape index (κ1) is 16.0. The molecule has 5 nitrogen and oxygen atoms in total. The van der Waals surface area contributed by atoms with E-state index in [9.17, 15) is 8.42 Å². The summed E-state index contributed by atoms with van der Waals surface area (Å²) in [7, 11) is -2.09. The van der Waals surface area contributed by atoms with Gasteiger partial charge in [-0.3, -0.25) is 5.10 Å². The van der Waals surface area contributed by atoms with Crippen molar-refractivity contribution < 1.29 is 8.42 Å². The Morgan fingerprint density at radius 1 is 1.29 bits per heavy atom. The van der Waals surface area contributed by atoms with Gasteiger partial charge in [0.05, 0.1) is 11.4 Å². The highest BCUT2D eigenvalue weighted by Crippen LogP contribution is 2.31. The summed E-state index contributed by atoms with van der Waals surface area (Å²) in [6.07, 6.45) is 0. The smallest absolute Gasteiger partial charge is 0.247 e. The summed E-state index contributed by atoms with van der Waals surface area (Å²) in [5, 5.41) is 7.21. The Morgan fingerprint density at radius 2 is 1.90 bits per heavy atom. The quantitative estimate of drug-likeness (QED) is 0.938. The van der Waals surface area contributed by atoms with Crippen LogP contribution in [-0.4, -0.2) is 30.0 Å². The molecule has 0 aliphatic heterocycles. The van der Waals surface area contributed by atoms with Gasteiger partial charge in [-0.05, 0) is 32.4 Å². The van der Waals surface area contributed by atoms with Crippen LogP contribution in [0.5, 0.6) is 0 Å². The fourth-order valence-corrected chi connectivity index (χ4v) is 4.25. The fraction of sp³-hybridized carbons (Fsp3) is 0.357. The number of halogens is 1.